The average Bonchev–Trinajstić information content (AvgIpc) is 3.27. The van der Waals surface area contributed by atoms with Crippen LogP contribution < -0.4 is 5.32 Å². The Hall–Kier alpha value is -3.44. The fraction of sp³-hybridized carbons (Fsp3) is 0.444. The number of alkyl carbamates (subject to hydrolysis) is 1. The minimum Gasteiger partial charge on any atom is -0.444 e. The van der Waals surface area contributed by atoms with E-state index in [1.165, 1.54) is 0 Å². The molecule has 1 aromatic heterocycles. The van der Waals surface area contributed by atoms with E-state index in [0.29, 0.717) is 29.5 Å². The molecule has 2 N–H and O–H groups in total. The van der Waals surface area contributed by atoms with Gasteiger partial charge in [0.15, 0.2) is 15.4 Å². The summed E-state index contributed by atoms with van der Waals surface area (Å²) in [6.07, 6.45) is -1.33. The van der Waals surface area contributed by atoms with Crippen molar-refractivity contribution >= 4 is 32.9 Å². The molecule has 2 aromatic carbocycles. The van der Waals surface area contributed by atoms with Crippen LogP contribution >= 0.6 is 0 Å². The molecule has 1 heterocycles. The topological polar surface area (TPSA) is 139 Å². The molecule has 10 nitrogen and oxygen atoms in total. The number of carbonyl (C=O) groups is 2. The normalized spacial score (nSPS) is 13.6. The van der Waals surface area contributed by atoms with E-state index in [1.54, 1.807) is 75.4 Å². The van der Waals surface area contributed by atoms with Crippen molar-refractivity contribution in [2.75, 3.05) is 12.3 Å². The second kappa shape index (κ2) is 12.4. The molecule has 1 unspecified atom stereocenters. The first-order valence-corrected chi connectivity index (χ1v) is 14.3. The van der Waals surface area contributed by atoms with Crippen molar-refractivity contribution in [3.8, 4) is 0 Å². The highest BCUT2D eigenvalue weighted by atomic mass is 32.2. The first-order chi connectivity index (χ1) is 17.9. The number of nitrogens with zero attached hydrogens (tertiary/aromatic N) is 2. The molecule has 0 aliphatic heterocycles. The average molecular weight is 546 g/mol. The van der Waals surface area contributed by atoms with Crippen LogP contribution in [-0.2, 0) is 25.1 Å². The van der Waals surface area contributed by atoms with Crippen LogP contribution in [0.2, 0.25) is 0 Å². The number of hydrogen-bond donors (Lipinski definition) is 2. The summed E-state index contributed by atoms with van der Waals surface area (Å²) in [4.78, 5) is 31.8. The number of aliphatic hydroxyl groups excluding tert-OH is 1. The highest BCUT2D eigenvalue weighted by Crippen LogP contribution is 2.24. The van der Waals surface area contributed by atoms with Gasteiger partial charge < -0.3 is 24.5 Å². The van der Waals surface area contributed by atoms with Crippen molar-refractivity contribution in [1.29, 1.82) is 0 Å². The zero-order valence-electron chi connectivity index (χ0n) is 22.1. The predicted octanol–water partition coefficient (Wildman–Crippen LogP) is 3.96. The molecule has 0 aliphatic rings. The summed E-state index contributed by atoms with van der Waals surface area (Å²) in [5.41, 5.74) is 0.599. The molecule has 0 spiro atoms. The Morgan fingerprint density at radius 2 is 1.76 bits per heavy atom. The number of unbranched alkanes of at least 4 members (excludes halogenated alkanes) is 1. The molecule has 0 saturated heterocycles. The summed E-state index contributed by atoms with van der Waals surface area (Å²) in [5, 5.41) is 13.5. The standard InChI is InChI=1S/C27H35N3O7S/c1-5-6-16-30(25(32)23-28-20-14-10-11-15-22(20)36-23)24(31)21(29-26(33)37-27(2,3)4)18-38(34,35)17-19-12-8-7-9-13-19/h7-15,21,25,32H,5-6,16-18H2,1-4H3,(H,29,33)/t21-,25?/m0/s1. The van der Waals surface area contributed by atoms with Crippen LogP contribution in [-0.4, -0.2) is 59.3 Å². The summed E-state index contributed by atoms with van der Waals surface area (Å²) in [6, 6.07) is 13.9. The number of rotatable bonds is 11. The lowest BCUT2D eigenvalue weighted by molar-refractivity contribution is -0.145. The number of nitrogens with one attached hydrogen (secondary N) is 1. The number of benzene rings is 2. The number of fused-ring (bicyclic) bond motifs is 1. The van der Waals surface area contributed by atoms with Crippen molar-refractivity contribution in [1.82, 2.24) is 15.2 Å². The molecule has 3 aromatic rings. The molecule has 0 saturated carbocycles. The van der Waals surface area contributed by atoms with Crippen LogP contribution in [0.15, 0.2) is 59.0 Å². The van der Waals surface area contributed by atoms with Crippen LogP contribution in [0.4, 0.5) is 4.79 Å². The number of para-hydroxylation sites is 2. The molecule has 2 atom stereocenters. The van der Waals surface area contributed by atoms with E-state index >= 15 is 0 Å². The maximum atomic E-state index is 13.8. The van der Waals surface area contributed by atoms with Gasteiger partial charge >= 0.3 is 6.09 Å². The Bertz CT molecular complexity index is 1300. The monoisotopic (exact) mass is 545 g/mol. The van der Waals surface area contributed by atoms with E-state index in [4.69, 9.17) is 9.15 Å². The number of carbonyl (C=O) groups excluding carboxylic acids is 2. The predicted molar refractivity (Wildman–Crippen MR) is 143 cm³/mol. The van der Waals surface area contributed by atoms with Gasteiger partial charge in [0.05, 0.1) is 11.5 Å². The van der Waals surface area contributed by atoms with Crippen LogP contribution in [0.25, 0.3) is 11.1 Å². The molecule has 206 valence electrons. The van der Waals surface area contributed by atoms with Gasteiger partial charge in [0, 0.05) is 6.54 Å². The van der Waals surface area contributed by atoms with E-state index in [-0.39, 0.29) is 18.2 Å². The Labute approximate surface area is 222 Å². The molecule has 0 bridgehead atoms. The smallest absolute Gasteiger partial charge is 0.408 e. The SMILES string of the molecule is CCCCN(C(=O)[C@H](CS(=O)(=O)Cc1ccccc1)NC(=O)OC(C)(C)C)C(O)c1nc2ccccc2o1. The fourth-order valence-electron chi connectivity index (χ4n) is 3.78. The van der Waals surface area contributed by atoms with Gasteiger partial charge in [-0.25, -0.2) is 18.2 Å². The van der Waals surface area contributed by atoms with Gasteiger partial charge in [-0.15, -0.1) is 0 Å². The maximum absolute atomic E-state index is 13.8. The first-order valence-electron chi connectivity index (χ1n) is 12.5. The Morgan fingerprint density at radius 1 is 1.11 bits per heavy atom. The zero-order chi connectivity index (χ0) is 27.9. The van der Waals surface area contributed by atoms with E-state index in [9.17, 15) is 23.1 Å². The van der Waals surface area contributed by atoms with Crippen molar-refractivity contribution in [2.24, 2.45) is 0 Å². The highest BCUT2D eigenvalue weighted by molar-refractivity contribution is 7.90. The molecule has 11 heteroatoms. The fourth-order valence-corrected chi connectivity index (χ4v) is 5.33. The van der Waals surface area contributed by atoms with Gasteiger partial charge in [-0.1, -0.05) is 55.8 Å². The number of amides is 2. The third-order valence-electron chi connectivity index (χ3n) is 5.50. The summed E-state index contributed by atoms with van der Waals surface area (Å²) < 4.78 is 37.2. The first kappa shape index (κ1) is 29.1. The Kier molecular flexibility index (Phi) is 9.50. The number of oxazole rings is 1. The second-order valence-electron chi connectivity index (χ2n) is 10.0. The molecule has 2 amide bonds. The van der Waals surface area contributed by atoms with Gasteiger partial charge in [-0.05, 0) is 44.9 Å². The number of sulfone groups is 1. The van der Waals surface area contributed by atoms with E-state index in [2.05, 4.69) is 10.3 Å². The Morgan fingerprint density at radius 3 is 2.39 bits per heavy atom. The summed E-state index contributed by atoms with van der Waals surface area (Å²) in [6.45, 7) is 6.95. The van der Waals surface area contributed by atoms with Crippen LogP contribution in [0, 0.1) is 0 Å². The van der Waals surface area contributed by atoms with Gasteiger partial charge in [-0.2, -0.15) is 0 Å². The molecule has 0 fully saturated rings. The lowest BCUT2D eigenvalue weighted by atomic mass is 10.2. The Balaban J connectivity index is 1.92. The number of ether oxygens (including phenoxy) is 1. The van der Waals surface area contributed by atoms with Gasteiger partial charge in [0.1, 0.15) is 17.2 Å². The zero-order valence-corrected chi connectivity index (χ0v) is 22.9. The van der Waals surface area contributed by atoms with Gasteiger partial charge in [-0.3, -0.25) is 4.79 Å². The van der Waals surface area contributed by atoms with Gasteiger partial charge in [0.25, 0.3) is 0 Å². The number of aromatic nitrogens is 1. The summed E-state index contributed by atoms with van der Waals surface area (Å²) in [5.74, 6) is -1.92. The minimum atomic E-state index is -3.87. The third kappa shape index (κ3) is 8.29. The van der Waals surface area contributed by atoms with E-state index in [1.807, 2.05) is 6.92 Å². The molecule has 3 rings (SSSR count). The summed E-state index contributed by atoms with van der Waals surface area (Å²) >= 11 is 0. The van der Waals surface area contributed by atoms with E-state index in [0.717, 1.165) is 4.90 Å². The molecule has 0 radical (unpaired) electrons. The van der Waals surface area contributed by atoms with Crippen molar-refractivity contribution < 1.29 is 32.3 Å². The lowest BCUT2D eigenvalue weighted by Gasteiger charge is -2.30. The quantitative estimate of drug-likeness (QED) is 0.345. The second-order valence-corrected chi connectivity index (χ2v) is 12.1. The molecular formula is C27H35N3O7S. The molecular weight excluding hydrogens is 510 g/mol. The van der Waals surface area contributed by atoms with Crippen molar-refractivity contribution in [3.05, 3.63) is 66.1 Å². The lowest BCUT2D eigenvalue weighted by Crippen LogP contribution is -2.53. The third-order valence-corrected chi connectivity index (χ3v) is 7.12. The molecule has 38 heavy (non-hydrogen) atoms. The minimum absolute atomic E-state index is 0.0838. The van der Waals surface area contributed by atoms with Crippen molar-refractivity contribution in [3.63, 3.8) is 0 Å². The number of hydrogen-bond acceptors (Lipinski definition) is 8. The van der Waals surface area contributed by atoms with Crippen LogP contribution in [0.1, 0.15) is 58.2 Å². The van der Waals surface area contributed by atoms with Gasteiger partial charge in [0.2, 0.25) is 18.0 Å². The number of aliphatic hydroxyl groups is 1. The highest BCUT2D eigenvalue weighted by Gasteiger charge is 2.36. The summed E-state index contributed by atoms with van der Waals surface area (Å²) in [7, 11) is -3.87. The van der Waals surface area contributed by atoms with Crippen LogP contribution in [0.5, 0.6) is 0 Å². The molecule has 0 aliphatic carbocycles. The van der Waals surface area contributed by atoms with Crippen molar-refractivity contribution in [2.45, 2.75) is 64.2 Å². The van der Waals surface area contributed by atoms with Crippen LogP contribution in [0.3, 0.4) is 0 Å². The largest absolute Gasteiger partial charge is 0.444 e. The maximum Gasteiger partial charge on any atom is 0.408 e. The van der Waals surface area contributed by atoms with E-state index < -0.39 is 45.5 Å².